The Morgan fingerprint density at radius 2 is 1.39 bits per heavy atom. The second-order valence-electron chi connectivity index (χ2n) is 6.43. The van der Waals surface area contributed by atoms with Crippen molar-refractivity contribution in [2.24, 2.45) is 20.5 Å². The zero-order chi connectivity index (χ0) is 23.3. The van der Waals surface area contributed by atoms with Crippen molar-refractivity contribution in [1.29, 1.82) is 0 Å². The van der Waals surface area contributed by atoms with Gasteiger partial charge in [0.15, 0.2) is 0 Å². The van der Waals surface area contributed by atoms with Crippen LogP contribution in [0.25, 0.3) is 0 Å². The molecule has 0 saturated carbocycles. The summed E-state index contributed by atoms with van der Waals surface area (Å²) in [4.78, 5) is 10.9. The molecule has 0 saturated heterocycles. The average Bonchev–Trinajstić information content (AvgIpc) is 2.72. The van der Waals surface area contributed by atoms with Crippen LogP contribution in [0.2, 0.25) is 0 Å². The third-order valence-electron chi connectivity index (χ3n) is 3.92. The summed E-state index contributed by atoms with van der Waals surface area (Å²) in [5.74, 6) is -0.953. The molecule has 0 bridgehead atoms. The van der Waals surface area contributed by atoms with Crippen LogP contribution < -0.4 is 5.32 Å². The molecule has 3 aromatic rings. The molecule has 165 valence electrons. The van der Waals surface area contributed by atoms with Crippen molar-refractivity contribution < 1.29 is 28.0 Å². The van der Waals surface area contributed by atoms with Gasteiger partial charge in [-0.25, -0.2) is 0 Å². The Balaban J connectivity index is 0.00000385. The standard InChI is InChI=1S/C20H17N5O6S.Na/c1-12(26)21-14-3-2-4-15(9-14)23-25-18-10-17(19(27)11-20(18)28)24-22-13-5-7-16(8-6-13)32(29,30)31;/h2-11,27-28H,1H3,(H,21,26)(H,29,30,31);. The summed E-state index contributed by atoms with van der Waals surface area (Å²) >= 11 is 0. The number of nitrogens with one attached hydrogen (secondary N) is 1. The summed E-state index contributed by atoms with van der Waals surface area (Å²) < 4.78 is 31.1. The number of rotatable bonds is 6. The van der Waals surface area contributed by atoms with E-state index in [0.29, 0.717) is 11.4 Å². The minimum atomic E-state index is -4.33. The van der Waals surface area contributed by atoms with Crippen LogP contribution in [-0.4, -0.2) is 58.6 Å². The summed E-state index contributed by atoms with van der Waals surface area (Å²) in [5, 5.41) is 38.4. The number of carbonyl (C=O) groups excluding carboxylic acids is 1. The molecule has 13 heteroatoms. The fraction of sp³-hybridized carbons (Fsp3) is 0.0500. The van der Waals surface area contributed by atoms with Crippen LogP contribution in [0.15, 0.2) is 86.0 Å². The predicted molar refractivity (Wildman–Crippen MR) is 121 cm³/mol. The summed E-state index contributed by atoms with van der Waals surface area (Å²) in [5.41, 5.74) is 1.16. The Bertz CT molecular complexity index is 1330. The van der Waals surface area contributed by atoms with Crippen molar-refractivity contribution in [3.63, 3.8) is 0 Å². The second-order valence-corrected chi connectivity index (χ2v) is 7.85. The van der Waals surface area contributed by atoms with E-state index in [1.54, 1.807) is 24.3 Å². The van der Waals surface area contributed by atoms with Gasteiger partial charge in [-0.15, -0.1) is 10.2 Å². The Morgan fingerprint density at radius 1 is 0.818 bits per heavy atom. The number of aromatic hydroxyl groups is 2. The van der Waals surface area contributed by atoms with Crippen LogP contribution in [0.5, 0.6) is 11.5 Å². The van der Waals surface area contributed by atoms with E-state index in [9.17, 15) is 23.4 Å². The molecule has 0 aliphatic heterocycles. The Kier molecular flexibility index (Phi) is 8.79. The first kappa shape index (κ1) is 26.1. The largest absolute Gasteiger partial charge is 0.505 e. The van der Waals surface area contributed by atoms with Gasteiger partial charge < -0.3 is 15.5 Å². The molecule has 33 heavy (non-hydrogen) atoms. The number of amides is 1. The number of anilines is 1. The number of azo groups is 2. The minimum Gasteiger partial charge on any atom is -0.505 e. The van der Waals surface area contributed by atoms with Crippen molar-refractivity contribution in [2.75, 3.05) is 5.32 Å². The van der Waals surface area contributed by atoms with Gasteiger partial charge >= 0.3 is 0 Å². The zero-order valence-corrected chi connectivity index (χ0v) is 20.4. The Hall–Kier alpha value is -3.16. The normalized spacial score (nSPS) is 11.5. The fourth-order valence-electron chi connectivity index (χ4n) is 2.47. The van der Waals surface area contributed by atoms with Gasteiger partial charge in [0.1, 0.15) is 22.9 Å². The molecule has 0 spiro atoms. The molecule has 0 aliphatic carbocycles. The SMILES string of the molecule is CC(=O)Nc1cccc(N=Nc2cc(N=Nc3ccc(S(=O)(=O)O)cc3)c(O)cc2O)c1.[Na]. The summed E-state index contributed by atoms with van der Waals surface area (Å²) in [7, 11) is -4.33. The van der Waals surface area contributed by atoms with Gasteiger partial charge in [-0.2, -0.15) is 18.6 Å². The van der Waals surface area contributed by atoms with Crippen molar-refractivity contribution in [2.45, 2.75) is 11.8 Å². The summed E-state index contributed by atoms with van der Waals surface area (Å²) in [6.07, 6.45) is 0. The molecular formula is C20H17N5NaO6S. The number of carbonyl (C=O) groups is 1. The maximum absolute atomic E-state index is 11.2. The van der Waals surface area contributed by atoms with Gasteiger partial charge in [0.05, 0.1) is 16.3 Å². The van der Waals surface area contributed by atoms with E-state index in [4.69, 9.17) is 4.55 Å². The maximum Gasteiger partial charge on any atom is 0.294 e. The van der Waals surface area contributed by atoms with Crippen molar-refractivity contribution in [1.82, 2.24) is 0 Å². The molecule has 1 radical (unpaired) electrons. The quantitative estimate of drug-likeness (QED) is 0.226. The van der Waals surface area contributed by atoms with E-state index < -0.39 is 10.1 Å². The first-order chi connectivity index (χ1) is 15.1. The van der Waals surface area contributed by atoms with Gasteiger partial charge in [0.25, 0.3) is 10.1 Å². The van der Waals surface area contributed by atoms with Gasteiger partial charge in [-0.1, -0.05) is 6.07 Å². The average molecular weight is 478 g/mol. The topological polar surface area (TPSA) is 173 Å². The first-order valence-electron chi connectivity index (χ1n) is 8.96. The van der Waals surface area contributed by atoms with E-state index in [2.05, 4.69) is 25.8 Å². The first-order valence-corrected chi connectivity index (χ1v) is 10.4. The van der Waals surface area contributed by atoms with Crippen LogP contribution in [0.1, 0.15) is 6.92 Å². The summed E-state index contributed by atoms with van der Waals surface area (Å²) in [6, 6.07) is 13.8. The number of hydrogen-bond acceptors (Lipinski definition) is 9. The van der Waals surface area contributed by atoms with E-state index in [0.717, 1.165) is 18.2 Å². The van der Waals surface area contributed by atoms with Crippen molar-refractivity contribution >= 4 is 74.0 Å². The van der Waals surface area contributed by atoms with E-state index in [1.165, 1.54) is 25.1 Å². The number of phenolic OH excluding ortho intramolecular Hbond substituents is 2. The Morgan fingerprint density at radius 3 is 1.94 bits per heavy atom. The smallest absolute Gasteiger partial charge is 0.294 e. The molecule has 0 aliphatic rings. The van der Waals surface area contributed by atoms with Crippen LogP contribution in [0.3, 0.4) is 0 Å². The van der Waals surface area contributed by atoms with Crippen molar-refractivity contribution in [3.8, 4) is 11.5 Å². The third-order valence-corrected chi connectivity index (χ3v) is 4.79. The molecular weight excluding hydrogens is 461 g/mol. The van der Waals surface area contributed by atoms with E-state index >= 15 is 0 Å². The van der Waals surface area contributed by atoms with Crippen LogP contribution in [0, 0.1) is 0 Å². The maximum atomic E-state index is 11.2. The fourth-order valence-corrected chi connectivity index (χ4v) is 2.95. The van der Waals surface area contributed by atoms with Crippen LogP contribution >= 0.6 is 0 Å². The number of phenols is 2. The molecule has 4 N–H and O–H groups in total. The monoisotopic (exact) mass is 478 g/mol. The van der Waals surface area contributed by atoms with E-state index in [-0.39, 0.29) is 68.9 Å². The van der Waals surface area contributed by atoms with Gasteiger partial charge in [-0.05, 0) is 42.5 Å². The Labute approximate surface area is 211 Å². The minimum absolute atomic E-state index is 0. The molecule has 3 rings (SSSR count). The molecule has 0 atom stereocenters. The molecule has 11 nitrogen and oxygen atoms in total. The van der Waals surface area contributed by atoms with E-state index in [1.807, 2.05) is 0 Å². The predicted octanol–water partition coefficient (Wildman–Crippen LogP) is 4.75. The zero-order valence-electron chi connectivity index (χ0n) is 17.5. The van der Waals surface area contributed by atoms with Crippen LogP contribution in [0.4, 0.5) is 28.4 Å². The van der Waals surface area contributed by atoms with Crippen molar-refractivity contribution in [3.05, 3.63) is 60.7 Å². The number of nitrogens with zero attached hydrogens (tertiary/aromatic N) is 4. The number of benzene rings is 3. The number of hydrogen-bond donors (Lipinski definition) is 4. The molecule has 0 fully saturated rings. The molecule has 0 aromatic heterocycles. The molecule has 0 unspecified atom stereocenters. The molecule has 3 aromatic carbocycles. The summed E-state index contributed by atoms with van der Waals surface area (Å²) in [6.45, 7) is 1.38. The third kappa shape index (κ3) is 7.44. The van der Waals surface area contributed by atoms with Gasteiger partial charge in [-0.3, -0.25) is 9.35 Å². The second kappa shape index (κ2) is 11.1. The molecule has 1 amide bonds. The van der Waals surface area contributed by atoms with Crippen LogP contribution in [-0.2, 0) is 14.9 Å². The van der Waals surface area contributed by atoms with Gasteiger partial charge in [0.2, 0.25) is 5.91 Å². The van der Waals surface area contributed by atoms with Gasteiger partial charge in [0, 0.05) is 54.3 Å². The molecule has 0 heterocycles.